The van der Waals surface area contributed by atoms with Crippen molar-refractivity contribution in [2.75, 3.05) is 12.3 Å². The van der Waals surface area contributed by atoms with E-state index >= 15 is 0 Å². The summed E-state index contributed by atoms with van der Waals surface area (Å²) < 4.78 is 1.98. The monoisotopic (exact) mass is 231 g/mol. The largest absolute Gasteiger partial charge is 0.392 e. The fourth-order valence-electron chi connectivity index (χ4n) is 2.24. The lowest BCUT2D eigenvalue weighted by Gasteiger charge is -2.09. The van der Waals surface area contributed by atoms with Crippen LogP contribution < -0.4 is 5.73 Å². The SMILES string of the molecule is Nc1ncnc2c1ncn2[C@@H]1C=C(CO)CC1. The lowest BCUT2D eigenvalue weighted by atomic mass is 10.2. The van der Waals surface area contributed by atoms with E-state index in [2.05, 4.69) is 21.0 Å². The van der Waals surface area contributed by atoms with Gasteiger partial charge in [0.05, 0.1) is 19.0 Å². The van der Waals surface area contributed by atoms with E-state index in [1.165, 1.54) is 6.33 Å². The molecule has 0 saturated heterocycles. The number of aromatic nitrogens is 4. The third kappa shape index (κ3) is 1.57. The van der Waals surface area contributed by atoms with Crippen LogP contribution in [-0.4, -0.2) is 31.2 Å². The van der Waals surface area contributed by atoms with Gasteiger partial charge in [-0.15, -0.1) is 0 Å². The number of allylic oxidation sites excluding steroid dienone is 1. The van der Waals surface area contributed by atoms with E-state index in [0.717, 1.165) is 24.1 Å². The van der Waals surface area contributed by atoms with Gasteiger partial charge in [0.2, 0.25) is 0 Å². The number of nitrogens with two attached hydrogens (primary N) is 1. The predicted molar refractivity (Wildman–Crippen MR) is 63.2 cm³/mol. The molecule has 0 radical (unpaired) electrons. The summed E-state index contributed by atoms with van der Waals surface area (Å²) in [6, 6.07) is 0.205. The van der Waals surface area contributed by atoms with Crippen LogP contribution in [0.4, 0.5) is 5.82 Å². The second-order valence-corrected chi connectivity index (χ2v) is 4.17. The van der Waals surface area contributed by atoms with E-state index in [4.69, 9.17) is 10.8 Å². The quantitative estimate of drug-likeness (QED) is 0.741. The van der Waals surface area contributed by atoms with Crippen molar-refractivity contribution in [2.45, 2.75) is 18.9 Å². The van der Waals surface area contributed by atoms with Crippen molar-refractivity contribution in [3.05, 3.63) is 24.3 Å². The number of hydrogen-bond acceptors (Lipinski definition) is 5. The van der Waals surface area contributed by atoms with Gasteiger partial charge in [0.1, 0.15) is 11.8 Å². The maximum atomic E-state index is 9.10. The van der Waals surface area contributed by atoms with Crippen LogP contribution in [0, 0.1) is 0 Å². The van der Waals surface area contributed by atoms with Crippen LogP contribution in [0.5, 0.6) is 0 Å². The number of hydrogen-bond donors (Lipinski definition) is 2. The van der Waals surface area contributed by atoms with E-state index in [0.29, 0.717) is 11.3 Å². The van der Waals surface area contributed by atoms with Crippen LogP contribution in [0.3, 0.4) is 0 Å². The van der Waals surface area contributed by atoms with Crippen molar-refractivity contribution >= 4 is 17.0 Å². The van der Waals surface area contributed by atoms with Gasteiger partial charge in [-0.05, 0) is 18.4 Å². The summed E-state index contributed by atoms with van der Waals surface area (Å²) in [7, 11) is 0. The highest BCUT2D eigenvalue weighted by Gasteiger charge is 2.19. The maximum absolute atomic E-state index is 9.10. The first-order chi connectivity index (χ1) is 8.29. The van der Waals surface area contributed by atoms with Crippen molar-refractivity contribution in [2.24, 2.45) is 0 Å². The number of fused-ring (bicyclic) bond motifs is 1. The number of imidazole rings is 1. The molecular formula is C11H13N5O. The highest BCUT2D eigenvalue weighted by molar-refractivity contribution is 5.81. The van der Waals surface area contributed by atoms with Crippen LogP contribution in [0.2, 0.25) is 0 Å². The molecule has 2 heterocycles. The maximum Gasteiger partial charge on any atom is 0.165 e. The summed E-state index contributed by atoms with van der Waals surface area (Å²) >= 11 is 0. The molecule has 2 aromatic heterocycles. The average molecular weight is 231 g/mol. The van der Waals surface area contributed by atoms with Gasteiger partial charge < -0.3 is 15.4 Å². The molecule has 1 aliphatic carbocycles. The van der Waals surface area contributed by atoms with Crippen molar-refractivity contribution in [1.29, 1.82) is 0 Å². The van der Waals surface area contributed by atoms with Gasteiger partial charge >= 0.3 is 0 Å². The van der Waals surface area contributed by atoms with E-state index in [1.807, 2.05) is 4.57 Å². The van der Waals surface area contributed by atoms with Crippen LogP contribution in [-0.2, 0) is 0 Å². The molecule has 0 unspecified atom stereocenters. The van der Waals surface area contributed by atoms with E-state index in [1.54, 1.807) is 6.33 Å². The Balaban J connectivity index is 2.07. The molecule has 3 rings (SSSR count). The van der Waals surface area contributed by atoms with Crippen molar-refractivity contribution in [1.82, 2.24) is 19.5 Å². The van der Waals surface area contributed by atoms with E-state index in [9.17, 15) is 0 Å². The number of nitrogens with zero attached hydrogens (tertiary/aromatic N) is 4. The molecule has 0 bridgehead atoms. The van der Waals surface area contributed by atoms with Gasteiger partial charge in [-0.25, -0.2) is 15.0 Å². The number of aliphatic hydroxyl groups excluding tert-OH is 1. The van der Waals surface area contributed by atoms with Gasteiger partial charge in [-0.2, -0.15) is 0 Å². The molecule has 1 aliphatic rings. The Morgan fingerprint density at radius 3 is 3.06 bits per heavy atom. The first-order valence-corrected chi connectivity index (χ1v) is 5.53. The molecule has 6 heteroatoms. The van der Waals surface area contributed by atoms with Gasteiger partial charge in [0, 0.05) is 0 Å². The number of aliphatic hydroxyl groups is 1. The van der Waals surface area contributed by atoms with Gasteiger partial charge in [0.15, 0.2) is 11.5 Å². The highest BCUT2D eigenvalue weighted by atomic mass is 16.3. The van der Waals surface area contributed by atoms with Crippen LogP contribution >= 0.6 is 0 Å². The molecule has 88 valence electrons. The van der Waals surface area contributed by atoms with Gasteiger partial charge in [-0.3, -0.25) is 0 Å². The molecule has 1 atom stereocenters. The number of anilines is 1. The third-order valence-corrected chi connectivity index (χ3v) is 3.14. The highest BCUT2D eigenvalue weighted by Crippen LogP contribution is 2.30. The molecule has 6 nitrogen and oxygen atoms in total. The van der Waals surface area contributed by atoms with Crippen LogP contribution in [0.15, 0.2) is 24.3 Å². The van der Waals surface area contributed by atoms with Crippen LogP contribution in [0.1, 0.15) is 18.9 Å². The topological polar surface area (TPSA) is 89.9 Å². The fourth-order valence-corrected chi connectivity index (χ4v) is 2.24. The molecule has 3 N–H and O–H groups in total. The summed E-state index contributed by atoms with van der Waals surface area (Å²) in [6.07, 6.45) is 7.13. The predicted octanol–water partition coefficient (Wildman–Crippen LogP) is 0.662. The second-order valence-electron chi connectivity index (χ2n) is 4.17. The number of nitrogen functional groups attached to an aromatic ring is 1. The van der Waals surface area contributed by atoms with E-state index in [-0.39, 0.29) is 12.6 Å². The summed E-state index contributed by atoms with van der Waals surface area (Å²) in [6.45, 7) is 0.125. The minimum absolute atomic E-state index is 0.125. The first kappa shape index (κ1) is 10.2. The number of rotatable bonds is 2. The second kappa shape index (κ2) is 3.81. The minimum Gasteiger partial charge on any atom is -0.392 e. The zero-order valence-electron chi connectivity index (χ0n) is 9.24. The summed E-state index contributed by atoms with van der Waals surface area (Å²) in [5.41, 5.74) is 8.19. The lowest BCUT2D eigenvalue weighted by molar-refractivity contribution is 0.328. The Morgan fingerprint density at radius 2 is 2.29 bits per heavy atom. The molecule has 0 aromatic carbocycles. The Morgan fingerprint density at radius 1 is 1.41 bits per heavy atom. The summed E-state index contributed by atoms with van der Waals surface area (Å²) in [5.74, 6) is 0.401. The van der Waals surface area contributed by atoms with Crippen molar-refractivity contribution in [3.63, 3.8) is 0 Å². The molecule has 2 aromatic rings. The Bertz CT molecular complexity index is 589. The first-order valence-electron chi connectivity index (χ1n) is 5.53. The molecule has 0 amide bonds. The lowest BCUT2D eigenvalue weighted by Crippen LogP contribution is -2.03. The zero-order chi connectivity index (χ0) is 11.8. The zero-order valence-corrected chi connectivity index (χ0v) is 9.24. The Kier molecular flexibility index (Phi) is 2.29. The van der Waals surface area contributed by atoms with Gasteiger partial charge in [0.25, 0.3) is 0 Å². The molecular weight excluding hydrogens is 218 g/mol. The normalized spacial score (nSPS) is 19.8. The van der Waals surface area contributed by atoms with E-state index < -0.39 is 0 Å². The molecule has 0 aliphatic heterocycles. The molecule has 0 spiro atoms. The molecule has 0 saturated carbocycles. The average Bonchev–Trinajstić information content (AvgIpc) is 2.94. The Labute approximate surface area is 97.8 Å². The molecule has 17 heavy (non-hydrogen) atoms. The fraction of sp³-hybridized carbons (Fsp3) is 0.364. The standard InChI is InChI=1S/C11H13N5O/c12-10-9-11(14-5-13-10)16(6-15-9)8-2-1-7(3-8)4-17/h3,5-6,8,17H,1-2,4H2,(H2,12,13,14)/t8-/m0/s1. The smallest absolute Gasteiger partial charge is 0.165 e. The van der Waals surface area contributed by atoms with Crippen molar-refractivity contribution in [3.8, 4) is 0 Å². The molecule has 0 fully saturated rings. The van der Waals surface area contributed by atoms with Crippen LogP contribution in [0.25, 0.3) is 11.2 Å². The Hall–Kier alpha value is -1.95. The summed E-state index contributed by atoms with van der Waals surface area (Å²) in [5, 5.41) is 9.10. The van der Waals surface area contributed by atoms with Gasteiger partial charge in [-0.1, -0.05) is 6.08 Å². The van der Waals surface area contributed by atoms with Crippen molar-refractivity contribution < 1.29 is 5.11 Å². The third-order valence-electron chi connectivity index (χ3n) is 3.14. The summed E-state index contributed by atoms with van der Waals surface area (Å²) in [4.78, 5) is 12.4. The minimum atomic E-state index is 0.125.